The molecule has 1 aromatic rings. The first-order chi connectivity index (χ1) is 9.54. The van der Waals surface area contributed by atoms with Gasteiger partial charge in [0.2, 0.25) is 0 Å². The molecule has 1 heterocycles. The maximum atomic E-state index is 14.3. The number of nitrogens with zero attached hydrogens (tertiary/aromatic N) is 1. The van der Waals surface area contributed by atoms with Crippen LogP contribution in [0, 0.1) is 5.82 Å². The van der Waals surface area contributed by atoms with E-state index in [4.69, 9.17) is 4.74 Å². The van der Waals surface area contributed by atoms with E-state index >= 15 is 0 Å². The monoisotopic (exact) mass is 273 g/mol. The van der Waals surface area contributed by atoms with E-state index in [-0.39, 0.29) is 5.82 Å². The summed E-state index contributed by atoms with van der Waals surface area (Å²) >= 11 is 0. The minimum Gasteiger partial charge on any atom is -0.494 e. The second-order valence-corrected chi connectivity index (χ2v) is 4.90. The number of allylic oxidation sites excluding steroid dienone is 3. The number of ether oxygens (including phenoxy) is 1. The van der Waals surface area contributed by atoms with Gasteiger partial charge in [0.1, 0.15) is 11.6 Å². The lowest BCUT2D eigenvalue weighted by atomic mass is 10.0. The summed E-state index contributed by atoms with van der Waals surface area (Å²) in [6.07, 6.45) is 4.77. The Hall–Kier alpha value is -2.03. The first-order valence-corrected chi connectivity index (χ1v) is 6.79. The zero-order valence-corrected chi connectivity index (χ0v) is 12.2. The minimum atomic E-state index is -0.280. The first kappa shape index (κ1) is 14.4. The molecule has 2 rings (SSSR count). The molecular weight excluding hydrogens is 253 g/mol. The number of hydrogen-bond donors (Lipinski definition) is 0. The van der Waals surface area contributed by atoms with E-state index in [2.05, 4.69) is 6.58 Å². The van der Waals surface area contributed by atoms with Gasteiger partial charge in [0.15, 0.2) is 0 Å². The van der Waals surface area contributed by atoms with Gasteiger partial charge < -0.3 is 9.64 Å². The topological polar surface area (TPSA) is 12.5 Å². The molecule has 0 atom stereocenters. The molecule has 1 aliphatic rings. The molecule has 0 saturated carbocycles. The Morgan fingerprint density at radius 3 is 2.70 bits per heavy atom. The van der Waals surface area contributed by atoms with Gasteiger partial charge in [-0.25, -0.2) is 4.39 Å². The van der Waals surface area contributed by atoms with Crippen LogP contribution in [0.15, 0.2) is 48.2 Å². The van der Waals surface area contributed by atoms with Crippen LogP contribution in [0.1, 0.15) is 25.8 Å². The fraction of sp³-hybridized carbons (Fsp3) is 0.294. The zero-order valence-electron chi connectivity index (χ0n) is 12.2. The Kier molecular flexibility index (Phi) is 4.28. The largest absolute Gasteiger partial charge is 0.494 e. The Morgan fingerprint density at radius 1 is 1.30 bits per heavy atom. The summed E-state index contributed by atoms with van der Waals surface area (Å²) in [4.78, 5) is 1.90. The lowest BCUT2D eigenvalue weighted by Crippen LogP contribution is -2.19. The molecular formula is C17H20FNO. The Bertz CT molecular complexity index is 587. The summed E-state index contributed by atoms with van der Waals surface area (Å²) in [5.74, 6) is 0.287. The highest BCUT2D eigenvalue weighted by molar-refractivity contribution is 5.71. The highest BCUT2D eigenvalue weighted by Crippen LogP contribution is 2.31. The number of hydrogen-bond acceptors (Lipinski definition) is 2. The summed E-state index contributed by atoms with van der Waals surface area (Å²) in [6, 6.07) is 4.99. The third-order valence-corrected chi connectivity index (χ3v) is 3.40. The Balaban J connectivity index is 2.32. The van der Waals surface area contributed by atoms with Crippen molar-refractivity contribution in [2.24, 2.45) is 0 Å². The highest BCUT2D eigenvalue weighted by atomic mass is 19.1. The first-order valence-electron chi connectivity index (χ1n) is 6.79. The van der Waals surface area contributed by atoms with E-state index < -0.39 is 0 Å². The summed E-state index contributed by atoms with van der Waals surface area (Å²) in [5, 5.41) is 0. The molecule has 0 bridgehead atoms. The van der Waals surface area contributed by atoms with E-state index in [0.29, 0.717) is 17.9 Å². The smallest absolute Gasteiger partial charge is 0.136 e. The average molecular weight is 273 g/mol. The van der Waals surface area contributed by atoms with Crippen LogP contribution in [0.3, 0.4) is 0 Å². The summed E-state index contributed by atoms with van der Waals surface area (Å²) in [5.41, 5.74) is 3.33. The lowest BCUT2D eigenvalue weighted by molar-refractivity contribution is 0.315. The van der Waals surface area contributed by atoms with Crippen molar-refractivity contribution in [3.63, 3.8) is 0 Å². The van der Waals surface area contributed by atoms with Crippen molar-refractivity contribution in [1.82, 2.24) is 4.90 Å². The van der Waals surface area contributed by atoms with Crippen LogP contribution >= 0.6 is 0 Å². The maximum Gasteiger partial charge on any atom is 0.136 e. The van der Waals surface area contributed by atoms with Crippen LogP contribution in [0.25, 0.3) is 5.70 Å². The van der Waals surface area contributed by atoms with E-state index in [1.54, 1.807) is 12.1 Å². The van der Waals surface area contributed by atoms with Gasteiger partial charge in [-0.05, 0) is 37.1 Å². The van der Waals surface area contributed by atoms with E-state index in [0.717, 1.165) is 23.4 Å². The molecule has 0 aromatic heterocycles. The van der Waals surface area contributed by atoms with Gasteiger partial charge in [-0.15, -0.1) is 0 Å². The molecule has 1 aromatic carbocycles. The number of benzene rings is 1. The SMILES string of the molecule is C=C1C(C)=CC=C(c2ccc(OCCC)cc2F)N1C. The predicted octanol–water partition coefficient (Wildman–Crippen LogP) is 4.36. The quantitative estimate of drug-likeness (QED) is 0.808. The van der Waals surface area contributed by atoms with E-state index in [1.165, 1.54) is 6.07 Å². The second-order valence-electron chi connectivity index (χ2n) is 4.90. The molecule has 0 radical (unpaired) electrons. The zero-order chi connectivity index (χ0) is 14.7. The molecule has 20 heavy (non-hydrogen) atoms. The van der Waals surface area contributed by atoms with Gasteiger partial charge in [0.05, 0.1) is 12.3 Å². The van der Waals surface area contributed by atoms with E-state index in [1.807, 2.05) is 37.9 Å². The van der Waals surface area contributed by atoms with Crippen molar-refractivity contribution in [3.05, 3.63) is 59.6 Å². The molecule has 0 N–H and O–H groups in total. The molecule has 106 valence electrons. The van der Waals surface area contributed by atoms with Gasteiger partial charge in [-0.1, -0.05) is 19.6 Å². The summed E-state index contributed by atoms with van der Waals surface area (Å²) in [6.45, 7) is 8.62. The molecule has 0 amide bonds. The molecule has 0 unspecified atom stereocenters. The third kappa shape index (κ3) is 2.77. The fourth-order valence-corrected chi connectivity index (χ4v) is 2.11. The van der Waals surface area contributed by atoms with Gasteiger partial charge >= 0.3 is 0 Å². The molecule has 0 aliphatic carbocycles. The molecule has 0 spiro atoms. The van der Waals surface area contributed by atoms with Gasteiger partial charge in [-0.3, -0.25) is 0 Å². The Labute approximate surface area is 119 Å². The van der Waals surface area contributed by atoms with Crippen molar-refractivity contribution in [2.75, 3.05) is 13.7 Å². The molecule has 3 heteroatoms. The average Bonchev–Trinajstić information content (AvgIpc) is 2.44. The van der Waals surface area contributed by atoms with Crippen molar-refractivity contribution in [3.8, 4) is 5.75 Å². The number of halogens is 1. The fourth-order valence-electron chi connectivity index (χ4n) is 2.11. The van der Waals surface area contributed by atoms with Gasteiger partial charge in [-0.2, -0.15) is 0 Å². The van der Waals surface area contributed by atoms with Crippen molar-refractivity contribution >= 4 is 5.70 Å². The predicted molar refractivity (Wildman–Crippen MR) is 80.8 cm³/mol. The number of rotatable bonds is 4. The lowest BCUT2D eigenvalue weighted by Gasteiger charge is -2.28. The normalized spacial score (nSPS) is 15.0. The molecule has 2 nitrogen and oxygen atoms in total. The summed E-state index contributed by atoms with van der Waals surface area (Å²) in [7, 11) is 1.89. The second kappa shape index (κ2) is 5.95. The molecule has 0 fully saturated rings. The summed E-state index contributed by atoms with van der Waals surface area (Å²) < 4.78 is 19.7. The van der Waals surface area contributed by atoms with Crippen LogP contribution in [0.4, 0.5) is 4.39 Å². The van der Waals surface area contributed by atoms with Crippen LogP contribution in [-0.2, 0) is 0 Å². The highest BCUT2D eigenvalue weighted by Gasteiger charge is 2.18. The number of likely N-dealkylation sites (N-methyl/N-ethyl adjacent to an activating group) is 1. The third-order valence-electron chi connectivity index (χ3n) is 3.40. The van der Waals surface area contributed by atoms with E-state index in [9.17, 15) is 4.39 Å². The molecule has 1 aliphatic heterocycles. The van der Waals surface area contributed by atoms with Crippen molar-refractivity contribution in [1.29, 1.82) is 0 Å². The Morgan fingerprint density at radius 2 is 2.05 bits per heavy atom. The van der Waals surface area contributed by atoms with Crippen molar-refractivity contribution < 1.29 is 9.13 Å². The minimum absolute atomic E-state index is 0.280. The van der Waals surface area contributed by atoms with Gasteiger partial charge in [0.25, 0.3) is 0 Å². The van der Waals surface area contributed by atoms with Crippen LogP contribution in [-0.4, -0.2) is 18.6 Å². The molecule has 0 saturated heterocycles. The standard InChI is InChI=1S/C17H20FNO/c1-5-10-20-14-7-8-15(16(18)11-14)17-9-6-12(2)13(3)19(17)4/h6-9,11H,3,5,10H2,1-2,4H3. The van der Waals surface area contributed by atoms with Crippen LogP contribution < -0.4 is 4.74 Å². The maximum absolute atomic E-state index is 14.3. The van der Waals surface area contributed by atoms with Crippen LogP contribution in [0.5, 0.6) is 5.75 Å². The van der Waals surface area contributed by atoms with Crippen molar-refractivity contribution in [2.45, 2.75) is 20.3 Å². The van der Waals surface area contributed by atoms with Gasteiger partial charge in [0, 0.05) is 24.4 Å². The van der Waals surface area contributed by atoms with Crippen LogP contribution in [0.2, 0.25) is 0 Å².